The van der Waals surface area contributed by atoms with Gasteiger partial charge >= 0.3 is 0 Å². The molecular formula is C11H15BrN2O. The van der Waals surface area contributed by atoms with Crippen LogP contribution in [0.4, 0.5) is 0 Å². The maximum Gasteiger partial charge on any atom is 0.0616 e. The van der Waals surface area contributed by atoms with Gasteiger partial charge in [0.2, 0.25) is 0 Å². The van der Waals surface area contributed by atoms with Crippen LogP contribution in [0.5, 0.6) is 0 Å². The molecule has 82 valence electrons. The number of aromatic nitrogens is 1. The molecule has 2 rings (SSSR count). The van der Waals surface area contributed by atoms with E-state index >= 15 is 0 Å². The Morgan fingerprint density at radius 3 is 3.00 bits per heavy atom. The van der Waals surface area contributed by atoms with Gasteiger partial charge in [-0.25, -0.2) is 0 Å². The highest BCUT2D eigenvalue weighted by atomic mass is 79.9. The molecule has 0 saturated carbocycles. The van der Waals surface area contributed by atoms with Gasteiger partial charge in [-0.1, -0.05) is 0 Å². The lowest BCUT2D eigenvalue weighted by atomic mass is 9.91. The second-order valence-electron chi connectivity index (χ2n) is 4.16. The Balaban J connectivity index is 2.12. The zero-order valence-electron chi connectivity index (χ0n) is 8.54. The molecule has 1 aromatic heterocycles. The van der Waals surface area contributed by atoms with Crippen LogP contribution in [-0.2, 0) is 6.42 Å². The molecule has 1 aliphatic rings. The summed E-state index contributed by atoms with van der Waals surface area (Å²) in [6.07, 6.45) is 6.66. The fourth-order valence-corrected chi connectivity index (χ4v) is 2.57. The van der Waals surface area contributed by atoms with Crippen molar-refractivity contribution >= 4 is 15.9 Å². The summed E-state index contributed by atoms with van der Waals surface area (Å²) in [7, 11) is 0. The van der Waals surface area contributed by atoms with Crippen molar-refractivity contribution in [2.75, 3.05) is 13.2 Å². The van der Waals surface area contributed by atoms with E-state index in [0.717, 1.165) is 35.8 Å². The van der Waals surface area contributed by atoms with E-state index in [4.69, 9.17) is 0 Å². The van der Waals surface area contributed by atoms with Gasteiger partial charge in [0.15, 0.2) is 0 Å². The van der Waals surface area contributed by atoms with Gasteiger partial charge in [-0.05, 0) is 53.4 Å². The molecule has 1 fully saturated rings. The Kier molecular flexibility index (Phi) is 3.38. The van der Waals surface area contributed by atoms with Crippen LogP contribution in [0.3, 0.4) is 0 Å². The van der Waals surface area contributed by atoms with Gasteiger partial charge in [0, 0.05) is 22.4 Å². The highest BCUT2D eigenvalue weighted by molar-refractivity contribution is 9.10. The Hall–Kier alpha value is -0.450. The number of aliphatic hydroxyl groups is 1. The van der Waals surface area contributed by atoms with E-state index in [9.17, 15) is 5.11 Å². The molecule has 1 saturated heterocycles. The van der Waals surface area contributed by atoms with E-state index in [1.54, 1.807) is 6.20 Å². The summed E-state index contributed by atoms with van der Waals surface area (Å²) in [6, 6.07) is 2.06. The molecule has 0 radical (unpaired) electrons. The Bertz CT molecular complexity index is 337. The molecule has 1 atom stereocenters. The van der Waals surface area contributed by atoms with Crippen LogP contribution >= 0.6 is 15.9 Å². The minimum absolute atomic E-state index is 0.123. The van der Waals surface area contributed by atoms with Crippen LogP contribution in [0.1, 0.15) is 18.4 Å². The summed E-state index contributed by atoms with van der Waals surface area (Å²) in [4.78, 5) is 4.14. The SMILES string of the molecule is OCC1(Cc2cncc(Br)c2)CCCN1. The van der Waals surface area contributed by atoms with Crippen LogP contribution < -0.4 is 5.32 Å². The molecule has 3 nitrogen and oxygen atoms in total. The first kappa shape index (κ1) is 11.0. The predicted molar refractivity (Wildman–Crippen MR) is 62.7 cm³/mol. The number of pyridine rings is 1. The molecular weight excluding hydrogens is 256 g/mol. The standard InChI is InChI=1S/C11H15BrN2O/c12-10-4-9(6-13-7-10)5-11(8-15)2-1-3-14-11/h4,6-7,14-15H,1-3,5,8H2. The van der Waals surface area contributed by atoms with E-state index in [2.05, 4.69) is 32.3 Å². The van der Waals surface area contributed by atoms with Crippen LogP contribution in [0.2, 0.25) is 0 Å². The van der Waals surface area contributed by atoms with E-state index in [0.29, 0.717) is 0 Å². The number of nitrogens with zero attached hydrogens (tertiary/aromatic N) is 1. The third kappa shape index (κ3) is 2.56. The first-order valence-electron chi connectivity index (χ1n) is 5.19. The summed E-state index contributed by atoms with van der Waals surface area (Å²) < 4.78 is 0.992. The molecule has 2 N–H and O–H groups in total. The smallest absolute Gasteiger partial charge is 0.0616 e. The summed E-state index contributed by atoms with van der Waals surface area (Å²) in [5.74, 6) is 0. The number of hydrogen-bond donors (Lipinski definition) is 2. The second kappa shape index (κ2) is 4.60. The normalized spacial score (nSPS) is 25.7. The van der Waals surface area contributed by atoms with Crippen LogP contribution in [-0.4, -0.2) is 28.8 Å². The van der Waals surface area contributed by atoms with E-state index in [1.165, 1.54) is 0 Å². The number of halogens is 1. The van der Waals surface area contributed by atoms with Gasteiger partial charge in [0.25, 0.3) is 0 Å². The Morgan fingerprint density at radius 2 is 2.40 bits per heavy atom. The Labute approximate surface area is 98.0 Å². The molecule has 15 heavy (non-hydrogen) atoms. The lowest BCUT2D eigenvalue weighted by Gasteiger charge is -2.27. The number of nitrogens with one attached hydrogen (secondary N) is 1. The molecule has 2 heterocycles. The van der Waals surface area contributed by atoms with Crippen LogP contribution in [0.15, 0.2) is 22.9 Å². The fourth-order valence-electron chi connectivity index (χ4n) is 2.15. The molecule has 0 spiro atoms. The summed E-state index contributed by atoms with van der Waals surface area (Å²) >= 11 is 3.41. The van der Waals surface area contributed by atoms with Crippen molar-refractivity contribution in [1.82, 2.24) is 10.3 Å². The van der Waals surface area contributed by atoms with E-state index in [1.807, 2.05) is 6.20 Å². The largest absolute Gasteiger partial charge is 0.394 e. The fraction of sp³-hybridized carbons (Fsp3) is 0.545. The predicted octanol–water partition coefficient (Wildman–Crippen LogP) is 1.50. The molecule has 1 unspecified atom stereocenters. The zero-order chi connectivity index (χ0) is 10.7. The molecule has 4 heteroatoms. The first-order valence-corrected chi connectivity index (χ1v) is 5.99. The lowest BCUT2D eigenvalue weighted by Crippen LogP contribution is -2.45. The Morgan fingerprint density at radius 1 is 1.53 bits per heavy atom. The van der Waals surface area contributed by atoms with Crippen LogP contribution in [0, 0.1) is 0 Å². The molecule has 0 aromatic carbocycles. The number of aliphatic hydroxyl groups excluding tert-OH is 1. The zero-order valence-corrected chi connectivity index (χ0v) is 10.1. The monoisotopic (exact) mass is 270 g/mol. The van der Waals surface area contributed by atoms with Crippen molar-refractivity contribution in [3.05, 3.63) is 28.5 Å². The minimum Gasteiger partial charge on any atom is -0.394 e. The van der Waals surface area contributed by atoms with Gasteiger partial charge in [-0.15, -0.1) is 0 Å². The van der Waals surface area contributed by atoms with Crippen molar-refractivity contribution in [2.45, 2.75) is 24.8 Å². The van der Waals surface area contributed by atoms with Gasteiger partial charge in [0.1, 0.15) is 0 Å². The van der Waals surface area contributed by atoms with Crippen molar-refractivity contribution < 1.29 is 5.11 Å². The lowest BCUT2D eigenvalue weighted by molar-refractivity contribution is 0.177. The summed E-state index contributed by atoms with van der Waals surface area (Å²) in [5.41, 5.74) is 1.04. The number of hydrogen-bond acceptors (Lipinski definition) is 3. The first-order chi connectivity index (χ1) is 7.24. The van der Waals surface area contributed by atoms with Crippen molar-refractivity contribution in [1.29, 1.82) is 0 Å². The van der Waals surface area contributed by atoms with E-state index in [-0.39, 0.29) is 12.1 Å². The maximum absolute atomic E-state index is 9.45. The third-order valence-electron chi connectivity index (χ3n) is 2.94. The van der Waals surface area contributed by atoms with E-state index < -0.39 is 0 Å². The quantitative estimate of drug-likeness (QED) is 0.875. The topological polar surface area (TPSA) is 45.2 Å². The highest BCUT2D eigenvalue weighted by Crippen LogP contribution is 2.24. The molecule has 0 bridgehead atoms. The number of rotatable bonds is 3. The third-order valence-corrected chi connectivity index (χ3v) is 3.37. The average Bonchev–Trinajstić information content (AvgIpc) is 2.67. The van der Waals surface area contributed by atoms with Crippen molar-refractivity contribution in [3.63, 3.8) is 0 Å². The summed E-state index contributed by atoms with van der Waals surface area (Å²) in [6.45, 7) is 1.20. The highest BCUT2D eigenvalue weighted by Gasteiger charge is 2.32. The van der Waals surface area contributed by atoms with Gasteiger partial charge in [0.05, 0.1) is 6.61 Å². The van der Waals surface area contributed by atoms with Crippen LogP contribution in [0.25, 0.3) is 0 Å². The summed E-state index contributed by atoms with van der Waals surface area (Å²) in [5, 5.41) is 12.8. The van der Waals surface area contributed by atoms with Crippen molar-refractivity contribution in [3.8, 4) is 0 Å². The van der Waals surface area contributed by atoms with Crippen molar-refractivity contribution in [2.24, 2.45) is 0 Å². The van der Waals surface area contributed by atoms with Gasteiger partial charge in [-0.3, -0.25) is 4.98 Å². The molecule has 1 aliphatic heterocycles. The molecule has 0 amide bonds. The maximum atomic E-state index is 9.45. The molecule has 1 aromatic rings. The van der Waals surface area contributed by atoms with Gasteiger partial charge < -0.3 is 10.4 Å². The average molecular weight is 271 g/mol. The minimum atomic E-state index is -0.123. The molecule has 0 aliphatic carbocycles. The van der Waals surface area contributed by atoms with Gasteiger partial charge in [-0.2, -0.15) is 0 Å². The second-order valence-corrected chi connectivity index (χ2v) is 5.07.